The van der Waals surface area contributed by atoms with Crippen LogP contribution in [-0.4, -0.2) is 82.2 Å². The Morgan fingerprint density at radius 1 is 0.912 bits per heavy atom. The molecule has 8 nitrogen and oxygen atoms in total. The van der Waals surface area contributed by atoms with Gasteiger partial charge in [-0.05, 0) is 31.7 Å². The van der Waals surface area contributed by atoms with Crippen molar-refractivity contribution in [2.24, 2.45) is 11.8 Å². The molecule has 1 unspecified atom stereocenters. The molecule has 34 heavy (non-hydrogen) atoms. The van der Waals surface area contributed by atoms with Crippen LogP contribution < -0.4 is 19.1 Å². The summed E-state index contributed by atoms with van der Waals surface area (Å²) in [5.74, 6) is 2.00. The lowest BCUT2D eigenvalue weighted by atomic mass is 9.89. The van der Waals surface area contributed by atoms with Crippen molar-refractivity contribution in [1.82, 2.24) is 9.80 Å². The van der Waals surface area contributed by atoms with E-state index in [0.717, 1.165) is 38.5 Å². The average Bonchev–Trinajstić information content (AvgIpc) is 3.10. The van der Waals surface area contributed by atoms with E-state index in [-0.39, 0.29) is 24.2 Å². The second kappa shape index (κ2) is 11.3. The average molecular weight is 474 g/mol. The molecule has 3 aliphatic rings. The molecule has 2 aliphatic heterocycles. The summed E-state index contributed by atoms with van der Waals surface area (Å²) in [6, 6.07) is 3.53. The lowest BCUT2D eigenvalue weighted by Gasteiger charge is -2.29. The van der Waals surface area contributed by atoms with Gasteiger partial charge in [-0.15, -0.1) is 0 Å². The Hall–Kier alpha value is -2.48. The first-order valence-electron chi connectivity index (χ1n) is 12.7. The fourth-order valence-electron chi connectivity index (χ4n) is 5.71. The standard InChI is InChI=1S/C26H39N3O5/c1-32-22-15-21(16-23(33-2)25(22)34-3)29-18-20(14-24(29)30)26(31)28-11-7-10-27(12-13-28)17-19-8-5-4-6-9-19/h15-16,19-20H,4-14,17-18H2,1-3H3. The maximum absolute atomic E-state index is 13.4. The topological polar surface area (TPSA) is 71.6 Å². The minimum Gasteiger partial charge on any atom is -0.493 e. The Morgan fingerprint density at radius 2 is 1.62 bits per heavy atom. The number of hydrogen-bond donors (Lipinski definition) is 0. The predicted octanol–water partition coefficient (Wildman–Crippen LogP) is 3.18. The molecule has 0 aromatic heterocycles. The summed E-state index contributed by atoms with van der Waals surface area (Å²) < 4.78 is 16.3. The Kier molecular flexibility index (Phi) is 8.19. The molecular weight excluding hydrogens is 434 g/mol. The van der Waals surface area contributed by atoms with Gasteiger partial charge in [-0.25, -0.2) is 0 Å². The Balaban J connectivity index is 1.38. The van der Waals surface area contributed by atoms with Crippen molar-refractivity contribution in [3.05, 3.63) is 12.1 Å². The van der Waals surface area contributed by atoms with Crippen molar-refractivity contribution >= 4 is 17.5 Å². The van der Waals surface area contributed by atoms with Gasteiger partial charge < -0.3 is 28.9 Å². The van der Waals surface area contributed by atoms with Gasteiger partial charge in [-0.2, -0.15) is 0 Å². The number of methoxy groups -OCH3 is 3. The van der Waals surface area contributed by atoms with E-state index in [0.29, 0.717) is 29.5 Å². The lowest BCUT2D eigenvalue weighted by Crippen LogP contribution is -2.40. The first-order valence-corrected chi connectivity index (χ1v) is 12.7. The van der Waals surface area contributed by atoms with Crippen molar-refractivity contribution in [3.63, 3.8) is 0 Å². The molecule has 2 saturated heterocycles. The summed E-state index contributed by atoms with van der Waals surface area (Å²) in [5, 5.41) is 0. The van der Waals surface area contributed by atoms with Crippen molar-refractivity contribution in [1.29, 1.82) is 0 Å². The summed E-state index contributed by atoms with van der Waals surface area (Å²) in [6.07, 6.45) is 8.03. The second-order valence-electron chi connectivity index (χ2n) is 9.77. The van der Waals surface area contributed by atoms with E-state index >= 15 is 0 Å². The monoisotopic (exact) mass is 473 g/mol. The highest BCUT2D eigenvalue weighted by molar-refractivity contribution is 6.00. The van der Waals surface area contributed by atoms with Crippen molar-refractivity contribution in [3.8, 4) is 17.2 Å². The highest BCUT2D eigenvalue weighted by Gasteiger charge is 2.38. The number of anilines is 1. The van der Waals surface area contributed by atoms with Crippen LogP contribution in [0.3, 0.4) is 0 Å². The fraction of sp³-hybridized carbons (Fsp3) is 0.692. The summed E-state index contributed by atoms with van der Waals surface area (Å²) in [5.41, 5.74) is 0.657. The van der Waals surface area contributed by atoms with Crippen LogP contribution in [-0.2, 0) is 9.59 Å². The number of carbonyl (C=O) groups is 2. The van der Waals surface area contributed by atoms with E-state index in [2.05, 4.69) is 4.90 Å². The molecule has 0 N–H and O–H groups in total. The van der Waals surface area contributed by atoms with Crippen LogP contribution in [0.4, 0.5) is 5.69 Å². The normalized spacial score (nSPS) is 22.6. The van der Waals surface area contributed by atoms with E-state index in [1.807, 2.05) is 4.90 Å². The first kappa shape index (κ1) is 24.6. The van der Waals surface area contributed by atoms with Gasteiger partial charge in [0.2, 0.25) is 17.6 Å². The Morgan fingerprint density at radius 3 is 2.26 bits per heavy atom. The van der Waals surface area contributed by atoms with Gasteiger partial charge in [0.25, 0.3) is 0 Å². The van der Waals surface area contributed by atoms with E-state index in [9.17, 15) is 9.59 Å². The van der Waals surface area contributed by atoms with Crippen LogP contribution in [0.1, 0.15) is 44.9 Å². The molecule has 8 heteroatoms. The summed E-state index contributed by atoms with van der Waals surface area (Å²) in [4.78, 5) is 32.5. The van der Waals surface area contributed by atoms with E-state index < -0.39 is 0 Å². The van der Waals surface area contributed by atoms with Crippen LogP contribution in [0.25, 0.3) is 0 Å². The largest absolute Gasteiger partial charge is 0.493 e. The first-order chi connectivity index (χ1) is 16.5. The maximum atomic E-state index is 13.4. The number of rotatable bonds is 7. The van der Waals surface area contributed by atoms with Crippen molar-refractivity contribution in [2.75, 3.05) is 65.5 Å². The number of benzene rings is 1. The Labute approximate surface area is 203 Å². The third-order valence-corrected chi connectivity index (χ3v) is 7.58. The minimum absolute atomic E-state index is 0.0543. The maximum Gasteiger partial charge on any atom is 0.228 e. The number of amides is 2. The van der Waals surface area contributed by atoms with Crippen LogP contribution >= 0.6 is 0 Å². The van der Waals surface area contributed by atoms with Crippen LogP contribution in [0.15, 0.2) is 12.1 Å². The molecule has 0 radical (unpaired) electrons. The molecule has 3 fully saturated rings. The zero-order valence-corrected chi connectivity index (χ0v) is 20.9. The molecule has 1 atom stereocenters. The van der Waals surface area contributed by atoms with Crippen LogP contribution in [0, 0.1) is 11.8 Å². The predicted molar refractivity (Wildman–Crippen MR) is 131 cm³/mol. The smallest absolute Gasteiger partial charge is 0.228 e. The van der Waals surface area contributed by atoms with Gasteiger partial charge in [0, 0.05) is 51.3 Å². The summed E-state index contributed by atoms with van der Waals surface area (Å²) in [7, 11) is 4.65. The Bertz CT molecular complexity index is 845. The molecule has 1 saturated carbocycles. The summed E-state index contributed by atoms with van der Waals surface area (Å²) >= 11 is 0. The van der Waals surface area contributed by atoms with Gasteiger partial charge >= 0.3 is 0 Å². The lowest BCUT2D eigenvalue weighted by molar-refractivity contribution is -0.135. The van der Waals surface area contributed by atoms with Gasteiger partial charge in [-0.1, -0.05) is 19.3 Å². The zero-order chi connectivity index (χ0) is 24.1. The number of hydrogen-bond acceptors (Lipinski definition) is 6. The molecule has 4 rings (SSSR count). The highest BCUT2D eigenvalue weighted by Crippen LogP contribution is 2.42. The van der Waals surface area contributed by atoms with E-state index in [4.69, 9.17) is 14.2 Å². The molecule has 2 amide bonds. The molecule has 0 spiro atoms. The van der Waals surface area contributed by atoms with Gasteiger partial charge in [0.05, 0.1) is 32.9 Å². The quantitative estimate of drug-likeness (QED) is 0.606. The number of carbonyl (C=O) groups excluding carboxylic acids is 2. The van der Waals surface area contributed by atoms with Crippen LogP contribution in [0.5, 0.6) is 17.2 Å². The third-order valence-electron chi connectivity index (χ3n) is 7.58. The molecule has 1 aromatic carbocycles. The highest BCUT2D eigenvalue weighted by atomic mass is 16.5. The van der Waals surface area contributed by atoms with Crippen molar-refractivity contribution in [2.45, 2.75) is 44.9 Å². The molecule has 188 valence electrons. The number of nitrogens with zero attached hydrogens (tertiary/aromatic N) is 3. The van der Waals surface area contributed by atoms with Gasteiger partial charge in [0.15, 0.2) is 11.5 Å². The molecule has 1 aromatic rings. The zero-order valence-electron chi connectivity index (χ0n) is 20.9. The molecular formula is C26H39N3O5. The van der Waals surface area contributed by atoms with Crippen LogP contribution in [0.2, 0.25) is 0 Å². The summed E-state index contributed by atoms with van der Waals surface area (Å²) in [6.45, 7) is 5.05. The SMILES string of the molecule is COc1cc(N2CC(C(=O)N3CCCN(CC4CCCCC4)CC3)CC2=O)cc(OC)c1OC. The van der Waals surface area contributed by atoms with Gasteiger partial charge in [0.1, 0.15) is 0 Å². The fourth-order valence-corrected chi connectivity index (χ4v) is 5.71. The van der Waals surface area contributed by atoms with Crippen molar-refractivity contribution < 1.29 is 23.8 Å². The third kappa shape index (κ3) is 5.43. The molecule has 1 aliphatic carbocycles. The van der Waals surface area contributed by atoms with E-state index in [1.54, 1.807) is 38.4 Å². The number of ether oxygens (including phenoxy) is 3. The van der Waals surface area contributed by atoms with Gasteiger partial charge in [-0.3, -0.25) is 9.59 Å². The van der Waals surface area contributed by atoms with E-state index in [1.165, 1.54) is 38.6 Å². The minimum atomic E-state index is -0.323. The second-order valence-corrected chi connectivity index (χ2v) is 9.77. The molecule has 0 bridgehead atoms. The molecule has 2 heterocycles.